The number of anilines is 1. The summed E-state index contributed by atoms with van der Waals surface area (Å²) in [4.78, 5) is 26.7. The van der Waals surface area contributed by atoms with E-state index in [4.69, 9.17) is 32.4 Å². The van der Waals surface area contributed by atoms with Gasteiger partial charge in [0, 0.05) is 18.5 Å². The highest BCUT2D eigenvalue weighted by Crippen LogP contribution is 2.33. The molecule has 0 N–H and O–H groups in total. The predicted octanol–water partition coefficient (Wildman–Crippen LogP) is 3.73. The van der Waals surface area contributed by atoms with Crippen LogP contribution in [-0.4, -0.2) is 53.0 Å². The van der Waals surface area contributed by atoms with Crippen molar-refractivity contribution in [3.63, 3.8) is 0 Å². The van der Waals surface area contributed by atoms with Crippen molar-refractivity contribution in [1.29, 1.82) is 0 Å². The predicted molar refractivity (Wildman–Crippen MR) is 122 cm³/mol. The summed E-state index contributed by atoms with van der Waals surface area (Å²) < 4.78 is 10.7. The highest BCUT2D eigenvalue weighted by atomic mass is 35.5. The van der Waals surface area contributed by atoms with E-state index >= 15 is 0 Å². The summed E-state index contributed by atoms with van der Waals surface area (Å²) >= 11 is 11.7. The zero-order chi connectivity index (χ0) is 23.4. The summed E-state index contributed by atoms with van der Waals surface area (Å²) in [5, 5.41) is 14.3. The van der Waals surface area contributed by atoms with Gasteiger partial charge in [0.15, 0.2) is 17.6 Å². The number of aromatic nitrogens is 2. The highest BCUT2D eigenvalue weighted by Gasteiger charge is 2.35. The first-order valence-electron chi connectivity index (χ1n) is 9.95. The van der Waals surface area contributed by atoms with Crippen molar-refractivity contribution in [1.82, 2.24) is 15.2 Å². The van der Waals surface area contributed by atoms with Crippen LogP contribution in [0.4, 0.5) is 5.82 Å². The molecule has 1 amide bonds. The van der Waals surface area contributed by atoms with Crippen molar-refractivity contribution in [3.05, 3.63) is 76.3 Å². The van der Waals surface area contributed by atoms with Crippen LogP contribution in [0.25, 0.3) is 0 Å². The number of esters is 1. The van der Waals surface area contributed by atoms with Crippen molar-refractivity contribution in [2.45, 2.75) is 12.5 Å². The third kappa shape index (κ3) is 5.50. The second-order valence-electron chi connectivity index (χ2n) is 7.26. The van der Waals surface area contributed by atoms with Gasteiger partial charge in [-0.05, 0) is 42.0 Å². The third-order valence-corrected chi connectivity index (χ3v) is 5.40. The zero-order valence-electron chi connectivity index (χ0n) is 17.5. The average Bonchev–Trinajstić information content (AvgIpc) is 3.48. The zero-order valence-corrected chi connectivity index (χ0v) is 19.0. The molecule has 1 atom stereocenters. The molecule has 1 aliphatic heterocycles. The van der Waals surface area contributed by atoms with Crippen LogP contribution in [0.5, 0.6) is 0 Å². The number of carbonyl (C=O) groups excluding carboxylic acids is 2. The quantitative estimate of drug-likeness (QED) is 0.467. The first kappa shape index (κ1) is 22.8. The van der Waals surface area contributed by atoms with Crippen LogP contribution in [0.3, 0.4) is 0 Å². The van der Waals surface area contributed by atoms with E-state index in [1.165, 1.54) is 16.2 Å². The van der Waals surface area contributed by atoms with E-state index in [0.717, 1.165) is 5.56 Å². The Bertz CT molecular complexity index is 1150. The lowest BCUT2D eigenvalue weighted by Gasteiger charge is -2.20. The van der Waals surface area contributed by atoms with E-state index in [1.807, 2.05) is 12.1 Å². The van der Waals surface area contributed by atoms with Gasteiger partial charge in [-0.3, -0.25) is 9.59 Å². The Kier molecular flexibility index (Phi) is 6.90. The molecule has 9 nitrogen and oxygen atoms in total. The summed E-state index contributed by atoms with van der Waals surface area (Å²) in [6.45, 7) is -0.585. The fourth-order valence-electron chi connectivity index (χ4n) is 3.30. The van der Waals surface area contributed by atoms with Crippen LogP contribution < -0.4 is 4.90 Å². The van der Waals surface area contributed by atoms with Crippen LogP contribution in [-0.2, 0) is 14.3 Å². The maximum absolute atomic E-state index is 12.9. The van der Waals surface area contributed by atoms with E-state index in [2.05, 4.69) is 15.3 Å². The van der Waals surface area contributed by atoms with Crippen molar-refractivity contribution in [2.75, 3.05) is 25.1 Å². The highest BCUT2D eigenvalue weighted by molar-refractivity contribution is 6.30. The van der Waals surface area contributed by atoms with E-state index in [0.29, 0.717) is 28.7 Å². The van der Waals surface area contributed by atoms with Gasteiger partial charge >= 0.3 is 5.97 Å². The number of benzene rings is 1. The topological polar surface area (TPSA) is 101 Å². The number of likely N-dealkylation sites (N-methyl/N-ethyl adjacent to an activating group) is 1. The molecule has 0 fully saturated rings. The van der Waals surface area contributed by atoms with Crippen molar-refractivity contribution in [2.24, 2.45) is 5.10 Å². The average molecular weight is 488 g/mol. The molecule has 2 aromatic heterocycles. The summed E-state index contributed by atoms with van der Waals surface area (Å²) in [6, 6.07) is 13.5. The van der Waals surface area contributed by atoms with Gasteiger partial charge < -0.3 is 14.1 Å². The molecule has 170 valence electrons. The number of carbonyl (C=O) groups is 2. The molecule has 1 unspecified atom stereocenters. The largest absolute Gasteiger partial charge is 0.467 e. The molecule has 0 radical (unpaired) electrons. The van der Waals surface area contributed by atoms with E-state index in [1.54, 1.807) is 43.4 Å². The molecular weight excluding hydrogens is 469 g/mol. The molecule has 1 aliphatic rings. The van der Waals surface area contributed by atoms with Gasteiger partial charge in [-0.2, -0.15) is 5.10 Å². The first-order chi connectivity index (χ1) is 15.9. The second kappa shape index (κ2) is 10.0. The number of furan rings is 1. The minimum Gasteiger partial charge on any atom is -0.467 e. The molecule has 0 saturated carbocycles. The summed E-state index contributed by atoms with van der Waals surface area (Å²) in [6.07, 6.45) is 1.99. The number of amides is 1. The van der Waals surface area contributed by atoms with Crippen LogP contribution in [0.2, 0.25) is 10.2 Å². The van der Waals surface area contributed by atoms with Crippen LogP contribution in [0.15, 0.2) is 64.3 Å². The number of hydrogen-bond acceptors (Lipinski definition) is 8. The van der Waals surface area contributed by atoms with Gasteiger partial charge in [0.1, 0.15) is 18.3 Å². The van der Waals surface area contributed by atoms with Crippen molar-refractivity contribution >= 4 is 46.6 Å². The number of rotatable bonds is 7. The summed E-state index contributed by atoms with van der Waals surface area (Å²) in [5.74, 6) is -0.0401. The Morgan fingerprint density at radius 3 is 2.61 bits per heavy atom. The number of ether oxygens (including phenoxy) is 1. The Morgan fingerprint density at radius 1 is 1.15 bits per heavy atom. The van der Waals surface area contributed by atoms with Crippen LogP contribution in [0, 0.1) is 0 Å². The van der Waals surface area contributed by atoms with Crippen molar-refractivity contribution < 1.29 is 18.7 Å². The molecule has 33 heavy (non-hydrogen) atoms. The number of halogens is 2. The van der Waals surface area contributed by atoms with E-state index in [-0.39, 0.29) is 11.7 Å². The number of hydrazone groups is 1. The van der Waals surface area contributed by atoms with Crippen molar-refractivity contribution in [3.8, 4) is 0 Å². The van der Waals surface area contributed by atoms with E-state index in [9.17, 15) is 9.59 Å². The lowest BCUT2D eigenvalue weighted by molar-refractivity contribution is -0.151. The fourth-order valence-corrected chi connectivity index (χ4v) is 3.53. The van der Waals surface area contributed by atoms with Crippen LogP contribution in [0.1, 0.15) is 23.8 Å². The molecule has 4 rings (SSSR count). The fraction of sp³-hybridized carbons (Fsp3) is 0.227. The first-order valence-corrected chi connectivity index (χ1v) is 10.7. The number of nitrogens with zero attached hydrogens (tertiary/aromatic N) is 5. The molecule has 0 spiro atoms. The van der Waals surface area contributed by atoms with E-state index < -0.39 is 24.5 Å². The molecule has 0 saturated heterocycles. The monoisotopic (exact) mass is 487 g/mol. The second-order valence-corrected chi connectivity index (χ2v) is 8.08. The third-order valence-electron chi connectivity index (χ3n) is 4.95. The minimum atomic E-state index is -0.599. The van der Waals surface area contributed by atoms with Gasteiger partial charge in [0.25, 0.3) is 5.91 Å². The Hall–Kier alpha value is -3.43. The van der Waals surface area contributed by atoms with Gasteiger partial charge in [-0.15, -0.1) is 10.2 Å². The minimum absolute atomic E-state index is 0.121. The molecule has 11 heteroatoms. The molecule has 3 heterocycles. The Labute approximate surface area is 199 Å². The van der Waals surface area contributed by atoms with Gasteiger partial charge in [-0.25, -0.2) is 5.01 Å². The number of hydrogen-bond donors (Lipinski definition) is 0. The molecule has 3 aromatic rings. The maximum Gasteiger partial charge on any atom is 0.326 e. The summed E-state index contributed by atoms with van der Waals surface area (Å²) in [7, 11) is 1.65. The molecular formula is C22H19Cl2N5O4. The smallest absolute Gasteiger partial charge is 0.326 e. The van der Waals surface area contributed by atoms with Gasteiger partial charge in [-0.1, -0.05) is 35.3 Å². The lowest BCUT2D eigenvalue weighted by atomic mass is 10.0. The van der Waals surface area contributed by atoms with Crippen LogP contribution >= 0.6 is 23.2 Å². The molecule has 0 bridgehead atoms. The molecule has 1 aromatic carbocycles. The van der Waals surface area contributed by atoms with Gasteiger partial charge in [0.2, 0.25) is 0 Å². The Morgan fingerprint density at radius 2 is 1.94 bits per heavy atom. The SMILES string of the molecule is CN(CC(=O)OCC(=O)N1N=C(c2ccc(Cl)cc2)CC1c1ccco1)c1ccc(Cl)nn1. The standard InChI is InChI=1S/C22H19Cl2N5O4/c1-28(20-9-8-19(24)25-26-20)12-22(31)33-13-21(30)29-17(18-3-2-10-32-18)11-16(27-29)14-4-6-15(23)7-5-14/h2-10,17H,11-13H2,1H3. The Balaban J connectivity index is 1.41. The summed E-state index contributed by atoms with van der Waals surface area (Å²) in [5.41, 5.74) is 1.54. The maximum atomic E-state index is 12.9. The normalized spacial score (nSPS) is 15.3. The molecule has 0 aliphatic carbocycles. The van der Waals surface area contributed by atoms with Gasteiger partial charge in [0.05, 0.1) is 12.0 Å². The lowest BCUT2D eigenvalue weighted by Crippen LogP contribution is -2.34.